The number of aromatic carboxylic acids is 1. The molecule has 0 unspecified atom stereocenters. The first-order chi connectivity index (χ1) is 31.0. The van der Waals surface area contributed by atoms with Crippen LogP contribution in [0.15, 0.2) is 21.5 Å². The van der Waals surface area contributed by atoms with E-state index in [4.69, 9.17) is 14.6 Å². The van der Waals surface area contributed by atoms with Crippen molar-refractivity contribution in [3.63, 3.8) is 0 Å². The van der Waals surface area contributed by atoms with Gasteiger partial charge in [0.25, 0.3) is 20.7 Å². The number of esters is 4. The molecule has 1 N–H and O–H groups in total. The fourth-order valence-corrected chi connectivity index (χ4v) is 6.34. The molecule has 73 heavy (non-hydrogen) atoms. The third-order valence-electron chi connectivity index (χ3n) is 5.98. The summed E-state index contributed by atoms with van der Waals surface area (Å²) >= 11 is 11.9. The number of amides is 3. The van der Waals surface area contributed by atoms with E-state index in [9.17, 15) is 38.4 Å². The summed E-state index contributed by atoms with van der Waals surface area (Å²) in [4.78, 5) is 110. The van der Waals surface area contributed by atoms with Crippen molar-refractivity contribution in [3.8, 4) is 0 Å². The normalized spacial score (nSPS) is 8.90. The molecule has 20 nitrogen and oxygen atoms in total. The first kappa shape index (κ1) is 91.1. The number of nitrogens with zero attached hydrogens (tertiary/aromatic N) is 7. The van der Waals surface area contributed by atoms with Gasteiger partial charge in [-0.2, -0.15) is 44.7 Å². The number of carboxylic acids is 1. The molecule has 34 heteroatoms. The molecule has 0 saturated heterocycles. The third-order valence-corrected chi connectivity index (χ3v) is 9.28. The third kappa shape index (κ3) is 38.8. The van der Waals surface area contributed by atoms with Crippen LogP contribution in [0, 0.1) is 0 Å². The van der Waals surface area contributed by atoms with Crippen LogP contribution in [0.4, 0.5) is 0 Å². The van der Waals surface area contributed by atoms with Gasteiger partial charge in [0.1, 0.15) is 16.9 Å². The van der Waals surface area contributed by atoms with Gasteiger partial charge in [-0.05, 0) is 41.5 Å². The molecule has 3 amide bonds. The molecule has 4 aromatic rings. The number of carbonyl (C=O) groups is 8. The summed E-state index contributed by atoms with van der Waals surface area (Å²) in [5.74, 6) is -3.97. The Labute approximate surface area is 528 Å². The summed E-state index contributed by atoms with van der Waals surface area (Å²) in [6.45, 7) is 10.6. The molecule has 0 bridgehead atoms. The molecule has 0 atom stereocenters. The molecule has 402 valence electrons. The maximum absolute atomic E-state index is 11.7. The van der Waals surface area contributed by atoms with Gasteiger partial charge in [0.2, 0.25) is 10.0 Å². The molecule has 0 aliphatic carbocycles. The molecule has 0 aliphatic heterocycles. The first-order valence-electron chi connectivity index (χ1n) is 17.8. The summed E-state index contributed by atoms with van der Waals surface area (Å²) in [5.41, 5.74) is 8.28. The molecule has 4 aromatic heterocycles. The van der Waals surface area contributed by atoms with Crippen LogP contribution < -0.4 is 0 Å². The van der Waals surface area contributed by atoms with E-state index in [-0.39, 0.29) is 118 Å². The molecular formula is C39H59B4I4N7O13S4V2. The second-order valence-corrected chi connectivity index (χ2v) is 21.2. The fourth-order valence-electron chi connectivity index (χ4n) is 3.31. The van der Waals surface area contributed by atoms with Crippen molar-refractivity contribution in [2.45, 2.75) is 75.0 Å². The standard InChI is InChI=1S/C11H16N2O3S.C10H13NO4S.C9H13N3O2S.C6H5NO4S.3CH4.BI2.2BI.B.2V/c1-11(2,3)16-10(15)7-6-17-8(12-7)9(14)13(4)5;1-10(2,3)15-8(12)6-5-16-7(11-6)9(13)14-4;1-11(2)8(13)6-5-15-7(10-6)9(14)12(3)4;1-11-6(10)4-7-3(2-12-4)5(8)9;;;;2-1-3;2*1-2;;;/h6H,1-5H3;5H,1-4H3;5H,1-4H3;2H,1H3,(H,8,9);3*1H4;;;;;;. The van der Waals surface area contributed by atoms with Gasteiger partial charge in [-0.3, -0.25) is 14.4 Å². The predicted octanol–water partition coefficient (Wildman–Crippen LogP) is 8.78. The summed E-state index contributed by atoms with van der Waals surface area (Å²) in [6, 6.07) is 0. The quantitative estimate of drug-likeness (QED) is 0.0748. The second kappa shape index (κ2) is 47.8. The number of hydrogen-bond donors (Lipinski definition) is 1. The number of aromatic nitrogens is 4. The smallest absolute Gasteiger partial charge is 0.367 e. The van der Waals surface area contributed by atoms with Gasteiger partial charge in [0.15, 0.2) is 38.5 Å². The number of ether oxygens (including phenoxy) is 4. The Hall–Kier alpha value is -1.37. The van der Waals surface area contributed by atoms with Gasteiger partial charge in [-0.1, -0.05) is 22.3 Å². The molecule has 10 radical (unpaired) electrons. The van der Waals surface area contributed by atoms with Crippen LogP contribution in [-0.4, -0.2) is 178 Å². The first-order valence-corrected chi connectivity index (χ1v) is 26.3. The van der Waals surface area contributed by atoms with E-state index in [1.807, 2.05) is 2.99 Å². The van der Waals surface area contributed by atoms with Gasteiger partial charge in [0.05, 0.1) is 14.2 Å². The van der Waals surface area contributed by atoms with E-state index in [1.54, 1.807) is 134 Å². The molecule has 0 aromatic carbocycles. The van der Waals surface area contributed by atoms with Crippen LogP contribution in [0.3, 0.4) is 0 Å². The van der Waals surface area contributed by atoms with Crippen LogP contribution in [0.1, 0.15) is 145 Å². The van der Waals surface area contributed by atoms with Crippen LogP contribution in [0.5, 0.6) is 0 Å². The molecular weight excluding hydrogens is 1560 g/mol. The van der Waals surface area contributed by atoms with E-state index in [0.29, 0.717) is 10.7 Å². The Morgan fingerprint density at radius 2 is 0.740 bits per heavy atom. The van der Waals surface area contributed by atoms with Crippen LogP contribution in [-0.2, 0) is 56.1 Å². The largest absolute Gasteiger partial charge is 0.476 e. The van der Waals surface area contributed by atoms with Gasteiger partial charge in [-0.15, -0.1) is 90.1 Å². The van der Waals surface area contributed by atoms with E-state index in [2.05, 4.69) is 85.6 Å². The maximum Gasteiger partial charge on any atom is 0.367 e. The van der Waals surface area contributed by atoms with Crippen molar-refractivity contribution in [1.29, 1.82) is 0 Å². The molecule has 0 aliphatic rings. The molecule has 4 rings (SSSR count). The summed E-state index contributed by atoms with van der Waals surface area (Å²) in [5, 5.41) is 15.2. The minimum Gasteiger partial charge on any atom is -0.476 e. The number of methoxy groups -OCH3 is 2. The van der Waals surface area contributed by atoms with E-state index >= 15 is 0 Å². The molecule has 0 fully saturated rings. The van der Waals surface area contributed by atoms with Crippen molar-refractivity contribution in [2.24, 2.45) is 0 Å². The van der Waals surface area contributed by atoms with Gasteiger partial charge < -0.3 is 38.8 Å². The Morgan fingerprint density at radius 1 is 0.507 bits per heavy atom. The van der Waals surface area contributed by atoms with Gasteiger partial charge in [0, 0.05) is 109 Å². The Kier molecular flexibility index (Phi) is 59.7. The van der Waals surface area contributed by atoms with E-state index in [0.717, 1.165) is 34.0 Å². The van der Waals surface area contributed by atoms with Crippen LogP contribution in [0.25, 0.3) is 0 Å². The fraction of sp³-hybridized carbons (Fsp3) is 0.487. The number of thiazole rings is 4. The maximum atomic E-state index is 11.7. The van der Waals surface area contributed by atoms with Gasteiger partial charge in [-0.25, -0.2) is 43.9 Å². The zero-order valence-corrected chi connectivity index (χ0v) is 54.8. The van der Waals surface area contributed by atoms with Crippen molar-refractivity contribution in [1.82, 2.24) is 34.6 Å². The Bertz CT molecular complexity index is 2180. The van der Waals surface area contributed by atoms with Gasteiger partial charge >= 0.3 is 29.8 Å². The van der Waals surface area contributed by atoms with Crippen LogP contribution >= 0.6 is 135 Å². The zero-order chi connectivity index (χ0) is 53.0. The zero-order valence-electron chi connectivity index (χ0n) is 40.1. The molecule has 4 heterocycles. The SMILES string of the molecule is C.C.C.CN(C)C(=O)c1csc(C(=O)N(C)C)n1.CN(C)C(=O)c1nc(C(=O)OC(C)(C)C)cs1.COC(=O)c1nc(C(=O)O)cs1.COC(=O)c1nc(C(=O)OC(C)(C)C)cs1.I[B]I.[B].[B]I.[B]I.[V].[V]. The minimum absolute atomic E-state index is 0. The number of carboxylic acid groups (broad SMARTS) is 1. The number of rotatable bonds is 8. The topological polar surface area (TPSA) is 255 Å². The van der Waals surface area contributed by atoms with Crippen molar-refractivity contribution in [3.05, 3.63) is 64.3 Å². The summed E-state index contributed by atoms with van der Waals surface area (Å²) in [7, 11) is 12.3. The predicted molar refractivity (Wildman–Crippen MR) is 322 cm³/mol. The van der Waals surface area contributed by atoms with E-state index in [1.165, 1.54) is 56.4 Å². The van der Waals surface area contributed by atoms with Crippen molar-refractivity contribution >= 4 is 205 Å². The van der Waals surface area contributed by atoms with Crippen molar-refractivity contribution in [2.75, 3.05) is 56.5 Å². The summed E-state index contributed by atoms with van der Waals surface area (Å²) < 4.78 is 21.0. The second-order valence-electron chi connectivity index (χ2n) is 14.1. The van der Waals surface area contributed by atoms with Crippen LogP contribution in [0.2, 0.25) is 0 Å². The average Bonchev–Trinajstić information content (AvgIpc) is 4.11. The average molecular weight is 1610 g/mol. The minimum atomic E-state index is -1.15. The number of hydrogen-bond acceptors (Lipinski definition) is 20. The van der Waals surface area contributed by atoms with E-state index < -0.39 is 41.0 Å². The number of carbonyl (C=O) groups excluding carboxylic acids is 7. The molecule has 0 saturated carbocycles. The monoisotopic (exact) mass is 1610 g/mol. The molecule has 0 spiro atoms. The Balaban J connectivity index is -0.000000100. The van der Waals surface area contributed by atoms with Crippen molar-refractivity contribution < 1.29 is 99.5 Å². The number of halogens is 4. The Morgan fingerprint density at radius 3 is 0.986 bits per heavy atom. The summed E-state index contributed by atoms with van der Waals surface area (Å²) in [6.07, 6.45) is 0.